The Morgan fingerprint density at radius 2 is 1.24 bits per heavy atom. The molecule has 1 aromatic rings. The molecular weight excluding hydrogens is 1030 g/mol. The van der Waals surface area contributed by atoms with Crippen LogP contribution in [0.15, 0.2) is 12.5 Å². The number of aromatic amines is 1. The topological polar surface area (TPSA) is 385 Å². The van der Waals surface area contributed by atoms with Crippen LogP contribution in [0, 0.1) is 16.7 Å². The van der Waals surface area contributed by atoms with Crippen molar-refractivity contribution in [1.29, 1.82) is 0 Å². The maximum absolute atomic E-state index is 13.6. The van der Waals surface area contributed by atoms with Crippen LogP contribution in [0.1, 0.15) is 183 Å². The quantitative estimate of drug-likeness (QED) is 0.0332. The summed E-state index contributed by atoms with van der Waals surface area (Å²) in [5.74, 6) is -7.88. The molecule has 1 heterocycles. The number of carbonyl (C=O) groups is 11. The molecule has 0 aliphatic heterocycles. The predicted octanol–water partition coefficient (Wildman–Crippen LogP) is 3.59. The van der Waals surface area contributed by atoms with Gasteiger partial charge in [-0.25, -0.2) is 20.3 Å². The van der Waals surface area contributed by atoms with Crippen molar-refractivity contribution in [3.8, 4) is 0 Å². The van der Waals surface area contributed by atoms with Gasteiger partial charge in [0.2, 0.25) is 29.5 Å². The van der Waals surface area contributed by atoms with Crippen molar-refractivity contribution in [3.05, 3.63) is 18.2 Å². The fraction of sp³-hybridized carbons (Fsp3) is 0.745. The molecule has 0 saturated heterocycles. The predicted molar refractivity (Wildman–Crippen MR) is 291 cm³/mol. The van der Waals surface area contributed by atoms with E-state index in [2.05, 4.69) is 43.5 Å². The summed E-state index contributed by atoms with van der Waals surface area (Å²) >= 11 is 0. The summed E-state index contributed by atoms with van der Waals surface area (Å²) in [7, 11) is 0. The molecule has 447 valence electrons. The summed E-state index contributed by atoms with van der Waals surface area (Å²) < 4.78 is 10.7. The van der Waals surface area contributed by atoms with E-state index in [9.17, 15) is 63.0 Å². The van der Waals surface area contributed by atoms with Crippen LogP contribution >= 0.6 is 0 Å². The number of carbonyl (C=O) groups excluding carboxylic acids is 9. The highest BCUT2D eigenvalue weighted by molar-refractivity contribution is 5.99. The molecule has 1 radical (unpaired) electrons. The molecule has 5 amide bonds. The van der Waals surface area contributed by atoms with Gasteiger partial charge in [0.05, 0.1) is 38.4 Å². The van der Waals surface area contributed by atoms with Crippen LogP contribution in [0.3, 0.4) is 0 Å². The third-order valence-electron chi connectivity index (χ3n) is 13.6. The van der Waals surface area contributed by atoms with E-state index in [-0.39, 0.29) is 121 Å². The minimum absolute atomic E-state index is 0.0493. The van der Waals surface area contributed by atoms with Gasteiger partial charge in [0.25, 0.3) is 0 Å². The Labute approximate surface area is 465 Å². The lowest BCUT2D eigenvalue weighted by Crippen LogP contribution is -2.54. The standard InChI is InChI=1S/C55H92N9O15/c1-8-9-10-11-12-13-14-15-16-20-46(69)62-42(52(76)77)23-24-47(70)63-41(51(74)75)22-21-39(65)33-59-36-79-27-26-78-34-48(71)60-25-18-17-19-37(49(57)72)28-43(66)53(2,3)30-44(67)54(4,5)31-45(68)55(6,7)64-50(73)40(56)29-38-32-58-35-61-38/h32,35,37,40-42,56,59H,8-31,33-34,36H2,1-7H3,(H2,57,72)(H,58,61)(H,60,71)(H,62,69)(H,63,70)(H,64,73)(H,74,75)(H,76,77)/t37-,40+,41+,42+/m1/s1. The third kappa shape index (κ3) is 31.4. The van der Waals surface area contributed by atoms with E-state index in [1.54, 1.807) is 27.7 Å². The smallest absolute Gasteiger partial charge is 0.326 e. The number of carboxylic acid groups (broad SMARTS) is 2. The maximum atomic E-state index is 13.6. The number of hydrogen-bond acceptors (Lipinski definition) is 15. The minimum Gasteiger partial charge on any atom is -0.480 e. The van der Waals surface area contributed by atoms with Crippen LogP contribution in [0.2, 0.25) is 0 Å². The van der Waals surface area contributed by atoms with Gasteiger partial charge in [-0.3, -0.25) is 48.5 Å². The van der Waals surface area contributed by atoms with Crippen LogP contribution in [-0.4, -0.2) is 148 Å². The summed E-state index contributed by atoms with van der Waals surface area (Å²) in [6.45, 7) is 11.4. The number of Topliss-reactive ketones (excluding diaryl/α,β-unsaturated/α-hetero) is 4. The Balaban J connectivity index is 2.32. The molecule has 0 spiro atoms. The number of unbranched alkanes of at least 4 members (excludes halogenated alkanes) is 9. The summed E-state index contributed by atoms with van der Waals surface area (Å²) in [6, 6.07) is -3.91. The Kier molecular flexibility index (Phi) is 34.0. The number of nitrogens with two attached hydrogens (primary N) is 1. The van der Waals surface area contributed by atoms with E-state index in [1.807, 2.05) is 0 Å². The SMILES string of the molecule is CCCCCCCCCCCC(=O)N[C@@H](CCC(=O)N[C@@H](CCC(=O)CNCOCCOCC(=O)NCCCC[C@H](CC(=O)C(C)(C)CC(=O)C(C)(C)CC(=O)C(C)(C)NC(=O)[C@@H]([NH])Cc1cnc[nH]1)C(N)=O)C(=O)O)C(=O)O. The second-order valence-corrected chi connectivity index (χ2v) is 22.1. The van der Waals surface area contributed by atoms with Gasteiger partial charge >= 0.3 is 11.9 Å². The lowest BCUT2D eigenvalue weighted by molar-refractivity contribution is -0.143. The Hall–Kier alpha value is -5.98. The Bertz CT molecular complexity index is 2110. The molecule has 0 saturated carbocycles. The lowest BCUT2D eigenvalue weighted by Gasteiger charge is -2.33. The fourth-order valence-electron chi connectivity index (χ4n) is 8.20. The average molecular weight is 1120 g/mol. The summed E-state index contributed by atoms with van der Waals surface area (Å²) in [5, 5.41) is 32.0. The number of rotatable bonds is 48. The normalized spacial score (nSPS) is 13.3. The van der Waals surface area contributed by atoms with Gasteiger partial charge in [0.15, 0.2) is 5.78 Å². The molecule has 0 unspecified atom stereocenters. The van der Waals surface area contributed by atoms with Crippen LogP contribution in [0.5, 0.6) is 0 Å². The number of H-pyrrole nitrogens is 1. The molecule has 4 atom stereocenters. The minimum atomic E-state index is -1.40. The highest BCUT2D eigenvalue weighted by Gasteiger charge is 2.41. The van der Waals surface area contributed by atoms with Crippen molar-refractivity contribution in [1.82, 2.24) is 42.3 Å². The van der Waals surface area contributed by atoms with Crippen molar-refractivity contribution in [2.45, 2.75) is 207 Å². The molecule has 0 bridgehead atoms. The molecular formula is C55H92N9O15. The van der Waals surface area contributed by atoms with Gasteiger partial charge in [-0.1, -0.05) is 92.4 Å². The van der Waals surface area contributed by atoms with Crippen LogP contribution < -0.4 is 38.1 Å². The average Bonchev–Trinajstić information content (AvgIpc) is 3.88. The zero-order chi connectivity index (χ0) is 59.6. The molecule has 0 aliphatic carbocycles. The number of amides is 5. The van der Waals surface area contributed by atoms with Crippen molar-refractivity contribution in [2.75, 3.05) is 39.6 Å². The number of hydrogen-bond donors (Lipinski definition) is 9. The van der Waals surface area contributed by atoms with Crippen molar-refractivity contribution >= 4 is 64.6 Å². The number of nitrogens with zero attached hydrogens (tertiary/aromatic N) is 1. The van der Waals surface area contributed by atoms with E-state index in [1.165, 1.54) is 52.1 Å². The van der Waals surface area contributed by atoms with Gasteiger partial charge in [0, 0.05) is 80.1 Å². The van der Waals surface area contributed by atoms with E-state index >= 15 is 0 Å². The first kappa shape index (κ1) is 71.0. The van der Waals surface area contributed by atoms with Crippen molar-refractivity contribution in [3.63, 3.8) is 0 Å². The van der Waals surface area contributed by atoms with Crippen LogP contribution in [-0.2, 0) is 68.6 Å². The van der Waals surface area contributed by atoms with Crippen LogP contribution in [0.4, 0.5) is 0 Å². The summed E-state index contributed by atoms with van der Waals surface area (Å²) in [5.41, 5.74) is 10.7. The number of nitrogens with one attached hydrogen (secondary N) is 7. The van der Waals surface area contributed by atoms with Gasteiger partial charge in [-0.05, 0) is 46.0 Å². The molecule has 1 aromatic heterocycles. The van der Waals surface area contributed by atoms with E-state index in [0.29, 0.717) is 25.0 Å². The number of ether oxygens (including phenoxy) is 2. The monoisotopic (exact) mass is 1120 g/mol. The fourth-order valence-corrected chi connectivity index (χ4v) is 8.20. The molecule has 0 aromatic carbocycles. The third-order valence-corrected chi connectivity index (χ3v) is 13.6. The van der Waals surface area contributed by atoms with E-state index in [4.69, 9.17) is 20.9 Å². The highest BCUT2D eigenvalue weighted by Crippen LogP contribution is 2.34. The zero-order valence-corrected chi connectivity index (χ0v) is 47.8. The van der Waals surface area contributed by atoms with E-state index < -0.39 is 87.7 Å². The van der Waals surface area contributed by atoms with Gasteiger partial charge in [-0.2, -0.15) is 0 Å². The number of imidazole rings is 1. The molecule has 79 heavy (non-hydrogen) atoms. The largest absolute Gasteiger partial charge is 0.480 e. The number of ketones is 4. The second-order valence-electron chi connectivity index (χ2n) is 22.1. The molecule has 24 heteroatoms. The Morgan fingerprint density at radius 1 is 0.684 bits per heavy atom. The maximum Gasteiger partial charge on any atom is 0.326 e. The first-order valence-electron chi connectivity index (χ1n) is 27.7. The summed E-state index contributed by atoms with van der Waals surface area (Å²) in [6.07, 6.45) is 12.3. The number of primary amides is 1. The molecule has 11 N–H and O–H groups in total. The molecule has 24 nitrogen and oxygen atoms in total. The van der Waals surface area contributed by atoms with Gasteiger partial charge < -0.3 is 51.7 Å². The molecule has 0 aliphatic rings. The molecule has 0 fully saturated rings. The number of aromatic nitrogens is 2. The van der Waals surface area contributed by atoms with Gasteiger partial charge in [0.1, 0.15) is 42.1 Å². The van der Waals surface area contributed by atoms with Crippen LogP contribution in [0.25, 0.3) is 0 Å². The van der Waals surface area contributed by atoms with Crippen molar-refractivity contribution < 1.29 is 72.4 Å². The van der Waals surface area contributed by atoms with Gasteiger partial charge in [-0.15, -0.1) is 0 Å². The highest BCUT2D eigenvalue weighted by atomic mass is 16.5. The zero-order valence-electron chi connectivity index (χ0n) is 47.8. The molecule has 1 rings (SSSR count). The first-order chi connectivity index (χ1) is 37.1. The van der Waals surface area contributed by atoms with Crippen molar-refractivity contribution in [2.24, 2.45) is 22.5 Å². The Morgan fingerprint density at radius 3 is 1.82 bits per heavy atom. The first-order valence-corrected chi connectivity index (χ1v) is 27.7. The van der Waals surface area contributed by atoms with E-state index in [0.717, 1.165) is 25.7 Å². The second kappa shape index (κ2) is 37.8. The number of carboxylic acids is 2. The number of aliphatic carboxylic acids is 2. The summed E-state index contributed by atoms with van der Waals surface area (Å²) in [4.78, 5) is 145. The lowest BCUT2D eigenvalue weighted by atomic mass is 9.71.